The summed E-state index contributed by atoms with van der Waals surface area (Å²) < 4.78 is 5.45. The molecule has 2 rings (SSSR count). The first-order valence-corrected chi connectivity index (χ1v) is 7.64. The van der Waals surface area contributed by atoms with Crippen LogP contribution in [0.25, 0.3) is 0 Å². The van der Waals surface area contributed by atoms with Gasteiger partial charge in [0.1, 0.15) is 5.75 Å². The van der Waals surface area contributed by atoms with Crippen LogP contribution in [0.3, 0.4) is 0 Å². The van der Waals surface area contributed by atoms with E-state index < -0.39 is 0 Å². The van der Waals surface area contributed by atoms with E-state index in [0.29, 0.717) is 5.41 Å². The maximum absolute atomic E-state index is 5.45. The molecule has 1 aromatic rings. The summed E-state index contributed by atoms with van der Waals surface area (Å²) in [6.07, 6.45) is 5.46. The predicted molar refractivity (Wildman–Crippen MR) is 84.2 cm³/mol. The van der Waals surface area contributed by atoms with Gasteiger partial charge >= 0.3 is 0 Å². The molecule has 0 aromatic heterocycles. The molecular formula is C17H28N2O. The van der Waals surface area contributed by atoms with Crippen molar-refractivity contribution in [2.45, 2.75) is 32.2 Å². The Balaban J connectivity index is 1.99. The molecule has 0 aliphatic heterocycles. The van der Waals surface area contributed by atoms with Crippen molar-refractivity contribution in [3.8, 4) is 5.75 Å². The summed E-state index contributed by atoms with van der Waals surface area (Å²) in [7, 11) is 6.04. The molecule has 3 nitrogen and oxygen atoms in total. The van der Waals surface area contributed by atoms with Crippen LogP contribution in [0.15, 0.2) is 24.3 Å². The molecule has 0 atom stereocenters. The van der Waals surface area contributed by atoms with E-state index in [9.17, 15) is 0 Å². The Morgan fingerprint density at radius 2 is 1.95 bits per heavy atom. The van der Waals surface area contributed by atoms with Gasteiger partial charge in [0.15, 0.2) is 0 Å². The lowest BCUT2D eigenvalue weighted by molar-refractivity contribution is 0.169. The summed E-state index contributed by atoms with van der Waals surface area (Å²) in [6.45, 7) is 3.24. The number of para-hydroxylation sites is 1. The van der Waals surface area contributed by atoms with Gasteiger partial charge in [0.05, 0.1) is 7.11 Å². The minimum atomic E-state index is 0.464. The summed E-state index contributed by atoms with van der Waals surface area (Å²) in [5.74, 6) is 0.994. The Morgan fingerprint density at radius 3 is 2.60 bits per heavy atom. The molecule has 0 amide bonds. The largest absolute Gasteiger partial charge is 0.496 e. The molecule has 1 aliphatic rings. The topological polar surface area (TPSA) is 24.5 Å². The average molecular weight is 276 g/mol. The zero-order valence-corrected chi connectivity index (χ0v) is 13.1. The molecule has 0 radical (unpaired) electrons. The Kier molecular flexibility index (Phi) is 5.44. The van der Waals surface area contributed by atoms with Crippen LogP contribution in [0.1, 0.15) is 31.2 Å². The summed E-state index contributed by atoms with van der Waals surface area (Å²) in [5.41, 5.74) is 1.74. The molecule has 112 valence electrons. The van der Waals surface area contributed by atoms with E-state index in [2.05, 4.69) is 36.4 Å². The Bertz CT molecular complexity index is 413. The first-order chi connectivity index (χ1) is 9.69. The molecule has 1 fully saturated rings. The van der Waals surface area contributed by atoms with E-state index in [0.717, 1.165) is 25.4 Å². The van der Waals surface area contributed by atoms with E-state index in [-0.39, 0.29) is 0 Å². The molecule has 1 saturated carbocycles. The third kappa shape index (κ3) is 3.74. The maximum Gasteiger partial charge on any atom is 0.123 e. The maximum atomic E-state index is 5.45. The fourth-order valence-corrected chi connectivity index (χ4v) is 3.64. The van der Waals surface area contributed by atoms with Crippen LogP contribution >= 0.6 is 0 Å². The van der Waals surface area contributed by atoms with E-state index in [4.69, 9.17) is 4.74 Å². The highest BCUT2D eigenvalue weighted by molar-refractivity contribution is 5.33. The van der Waals surface area contributed by atoms with Gasteiger partial charge in [-0.1, -0.05) is 31.0 Å². The summed E-state index contributed by atoms with van der Waals surface area (Å²) in [5, 5.41) is 3.39. The van der Waals surface area contributed by atoms with Gasteiger partial charge in [0, 0.05) is 25.2 Å². The van der Waals surface area contributed by atoms with Crippen LogP contribution in [0.2, 0.25) is 0 Å². The number of rotatable bonds is 7. The van der Waals surface area contributed by atoms with Gasteiger partial charge in [-0.05, 0) is 38.4 Å². The monoisotopic (exact) mass is 276 g/mol. The lowest BCUT2D eigenvalue weighted by atomic mass is 9.85. The molecule has 0 saturated heterocycles. The van der Waals surface area contributed by atoms with Gasteiger partial charge in [-0.3, -0.25) is 0 Å². The summed E-state index contributed by atoms with van der Waals surface area (Å²) in [4.78, 5) is 2.44. The number of ether oxygens (including phenoxy) is 1. The van der Waals surface area contributed by atoms with Crippen molar-refractivity contribution in [1.82, 2.24) is 10.2 Å². The molecule has 0 heterocycles. The normalized spacial score (nSPS) is 17.6. The zero-order chi connectivity index (χ0) is 14.4. The van der Waals surface area contributed by atoms with Crippen LogP contribution in [0.5, 0.6) is 5.75 Å². The minimum Gasteiger partial charge on any atom is -0.496 e. The van der Waals surface area contributed by atoms with Gasteiger partial charge in [-0.25, -0.2) is 0 Å². The second-order valence-corrected chi connectivity index (χ2v) is 6.22. The molecule has 1 aliphatic carbocycles. The number of hydrogen-bond donors (Lipinski definition) is 1. The molecule has 0 unspecified atom stereocenters. The van der Waals surface area contributed by atoms with Gasteiger partial charge in [0.2, 0.25) is 0 Å². The fourth-order valence-electron chi connectivity index (χ4n) is 3.64. The Labute approximate surface area is 123 Å². The Hall–Kier alpha value is -1.06. The first kappa shape index (κ1) is 15.3. The smallest absolute Gasteiger partial charge is 0.123 e. The highest BCUT2D eigenvalue weighted by Crippen LogP contribution is 2.38. The lowest BCUT2D eigenvalue weighted by Crippen LogP contribution is -2.40. The zero-order valence-electron chi connectivity index (χ0n) is 13.1. The molecule has 20 heavy (non-hydrogen) atoms. The number of methoxy groups -OCH3 is 1. The molecule has 0 bridgehead atoms. The van der Waals surface area contributed by atoms with Crippen molar-refractivity contribution < 1.29 is 4.74 Å². The molecule has 1 aromatic carbocycles. The SMILES string of the molecule is CNCC1(CN(C)Cc2ccccc2OC)CCCC1. The quantitative estimate of drug-likeness (QED) is 0.829. The second kappa shape index (κ2) is 7.09. The highest BCUT2D eigenvalue weighted by Gasteiger charge is 2.34. The standard InChI is InChI=1S/C17H28N2O/c1-18-13-17(10-6-7-11-17)14-19(2)12-15-8-4-5-9-16(15)20-3/h4-5,8-9,18H,6-7,10-14H2,1-3H3. The van der Waals surface area contributed by atoms with Gasteiger partial charge in [-0.15, -0.1) is 0 Å². The first-order valence-electron chi connectivity index (χ1n) is 7.64. The van der Waals surface area contributed by atoms with Crippen molar-refractivity contribution in [1.29, 1.82) is 0 Å². The van der Waals surface area contributed by atoms with Gasteiger partial charge in [0.25, 0.3) is 0 Å². The lowest BCUT2D eigenvalue weighted by Gasteiger charge is -2.33. The van der Waals surface area contributed by atoms with Crippen molar-refractivity contribution in [2.75, 3.05) is 34.3 Å². The third-order valence-corrected chi connectivity index (χ3v) is 4.45. The van der Waals surface area contributed by atoms with Crippen molar-refractivity contribution in [3.63, 3.8) is 0 Å². The van der Waals surface area contributed by atoms with Crippen molar-refractivity contribution in [3.05, 3.63) is 29.8 Å². The number of nitrogens with one attached hydrogen (secondary N) is 1. The molecular weight excluding hydrogens is 248 g/mol. The molecule has 0 spiro atoms. The summed E-state index contributed by atoms with van der Waals surface area (Å²) in [6, 6.07) is 8.32. The van der Waals surface area contributed by atoms with Crippen LogP contribution in [0, 0.1) is 5.41 Å². The minimum absolute atomic E-state index is 0.464. The van der Waals surface area contributed by atoms with Crippen LogP contribution in [-0.4, -0.2) is 39.2 Å². The third-order valence-electron chi connectivity index (χ3n) is 4.45. The number of nitrogens with zero attached hydrogens (tertiary/aromatic N) is 1. The van der Waals surface area contributed by atoms with E-state index in [1.54, 1.807) is 7.11 Å². The highest BCUT2D eigenvalue weighted by atomic mass is 16.5. The Morgan fingerprint density at radius 1 is 1.25 bits per heavy atom. The van der Waals surface area contributed by atoms with Crippen LogP contribution in [0.4, 0.5) is 0 Å². The fraction of sp³-hybridized carbons (Fsp3) is 0.647. The van der Waals surface area contributed by atoms with Crippen LogP contribution < -0.4 is 10.1 Å². The molecule has 3 heteroatoms. The van der Waals surface area contributed by atoms with Gasteiger partial charge in [-0.2, -0.15) is 0 Å². The van der Waals surface area contributed by atoms with Crippen molar-refractivity contribution in [2.24, 2.45) is 5.41 Å². The average Bonchev–Trinajstić information content (AvgIpc) is 2.88. The second-order valence-electron chi connectivity index (χ2n) is 6.22. The van der Waals surface area contributed by atoms with Gasteiger partial charge < -0.3 is 15.0 Å². The van der Waals surface area contributed by atoms with E-state index in [1.165, 1.54) is 31.2 Å². The number of benzene rings is 1. The molecule has 1 N–H and O–H groups in total. The van der Waals surface area contributed by atoms with E-state index in [1.807, 2.05) is 12.1 Å². The summed E-state index contributed by atoms with van der Waals surface area (Å²) >= 11 is 0. The van der Waals surface area contributed by atoms with E-state index >= 15 is 0 Å². The predicted octanol–water partition coefficient (Wildman–Crippen LogP) is 2.91. The number of hydrogen-bond acceptors (Lipinski definition) is 3. The van der Waals surface area contributed by atoms with Crippen LogP contribution in [-0.2, 0) is 6.54 Å². The van der Waals surface area contributed by atoms with Crippen molar-refractivity contribution >= 4 is 0 Å².